The van der Waals surface area contributed by atoms with Gasteiger partial charge in [0.2, 0.25) is 5.88 Å². The van der Waals surface area contributed by atoms with Crippen LogP contribution in [0.1, 0.15) is 16.9 Å². The van der Waals surface area contributed by atoms with Crippen molar-refractivity contribution in [1.82, 2.24) is 15.1 Å². The van der Waals surface area contributed by atoms with Gasteiger partial charge in [0.25, 0.3) is 5.91 Å². The van der Waals surface area contributed by atoms with Gasteiger partial charge in [-0.15, -0.1) is 0 Å². The van der Waals surface area contributed by atoms with Crippen molar-refractivity contribution in [2.24, 2.45) is 7.05 Å². The molecule has 1 unspecified atom stereocenters. The van der Waals surface area contributed by atoms with E-state index in [0.717, 1.165) is 0 Å². The van der Waals surface area contributed by atoms with Crippen molar-refractivity contribution in [3.05, 3.63) is 11.8 Å². The van der Waals surface area contributed by atoms with Crippen molar-refractivity contribution >= 4 is 5.91 Å². The molecule has 18 heavy (non-hydrogen) atoms. The van der Waals surface area contributed by atoms with Crippen LogP contribution in [-0.4, -0.2) is 54.3 Å². The molecule has 1 aromatic rings. The number of amides is 1. The molecule has 7 nitrogen and oxygen atoms in total. The fraction of sp³-hybridized carbons (Fsp3) is 0.636. The van der Waals surface area contributed by atoms with E-state index in [1.54, 1.807) is 20.2 Å². The summed E-state index contributed by atoms with van der Waals surface area (Å²) in [6.07, 6.45) is 0.544. The highest BCUT2D eigenvalue weighted by Gasteiger charge is 2.17. The lowest BCUT2D eigenvalue weighted by Gasteiger charge is -2.14. The molecule has 1 amide bonds. The molecule has 1 aromatic heterocycles. The molecule has 0 aliphatic carbocycles. The number of methoxy groups -OCH3 is 2. The molecule has 0 aromatic carbocycles. The number of carbonyl (C=O) groups excluding carboxylic acids is 1. The molecule has 1 rings (SSSR count). The first-order valence-electron chi connectivity index (χ1n) is 5.61. The van der Waals surface area contributed by atoms with E-state index in [-0.39, 0.29) is 24.2 Å². The van der Waals surface area contributed by atoms with Crippen LogP contribution in [-0.2, 0) is 11.8 Å². The summed E-state index contributed by atoms with van der Waals surface area (Å²) in [5.74, 6) is 0.154. The predicted molar refractivity (Wildman–Crippen MR) is 64.6 cm³/mol. The molecule has 102 valence electrons. The van der Waals surface area contributed by atoms with Crippen LogP contribution in [0.2, 0.25) is 0 Å². The Morgan fingerprint density at radius 1 is 1.61 bits per heavy atom. The van der Waals surface area contributed by atoms with Crippen molar-refractivity contribution in [1.29, 1.82) is 0 Å². The first-order valence-corrected chi connectivity index (χ1v) is 5.61. The second-order valence-corrected chi connectivity index (χ2v) is 3.83. The zero-order valence-corrected chi connectivity index (χ0v) is 10.8. The number of hydrogen-bond donors (Lipinski definition) is 2. The molecule has 0 saturated carbocycles. The molecule has 0 fully saturated rings. The van der Waals surface area contributed by atoms with Crippen molar-refractivity contribution < 1.29 is 19.4 Å². The van der Waals surface area contributed by atoms with Gasteiger partial charge in [0.15, 0.2) is 5.69 Å². The van der Waals surface area contributed by atoms with E-state index >= 15 is 0 Å². The summed E-state index contributed by atoms with van der Waals surface area (Å²) in [6, 6.07) is 1.20. The molecule has 0 spiro atoms. The third-order valence-electron chi connectivity index (χ3n) is 2.50. The van der Waals surface area contributed by atoms with Gasteiger partial charge in [-0.1, -0.05) is 0 Å². The Balaban J connectivity index is 2.62. The maximum atomic E-state index is 11.9. The summed E-state index contributed by atoms with van der Waals surface area (Å²) >= 11 is 0. The van der Waals surface area contributed by atoms with E-state index in [0.29, 0.717) is 18.9 Å². The fourth-order valence-corrected chi connectivity index (χ4v) is 1.48. The second kappa shape index (κ2) is 6.97. The molecule has 0 bridgehead atoms. The summed E-state index contributed by atoms with van der Waals surface area (Å²) in [6.45, 7) is 0.329. The van der Waals surface area contributed by atoms with E-state index in [1.807, 2.05) is 0 Å². The minimum absolute atomic E-state index is 0.140. The Kier molecular flexibility index (Phi) is 5.60. The van der Waals surface area contributed by atoms with Gasteiger partial charge in [-0.25, -0.2) is 4.68 Å². The van der Waals surface area contributed by atoms with Crippen LogP contribution in [0.15, 0.2) is 6.07 Å². The van der Waals surface area contributed by atoms with Gasteiger partial charge in [-0.3, -0.25) is 4.79 Å². The molecule has 1 heterocycles. The molecular weight excluding hydrogens is 238 g/mol. The van der Waals surface area contributed by atoms with E-state index in [2.05, 4.69) is 10.4 Å². The zero-order chi connectivity index (χ0) is 13.5. The molecule has 2 N–H and O–H groups in total. The lowest BCUT2D eigenvalue weighted by Crippen LogP contribution is -2.38. The summed E-state index contributed by atoms with van der Waals surface area (Å²) < 4.78 is 11.4. The van der Waals surface area contributed by atoms with Crippen LogP contribution >= 0.6 is 0 Å². The van der Waals surface area contributed by atoms with Gasteiger partial charge in [-0.05, 0) is 6.42 Å². The van der Waals surface area contributed by atoms with Gasteiger partial charge in [0.05, 0.1) is 19.8 Å². The van der Waals surface area contributed by atoms with Crippen LogP contribution in [0.5, 0.6) is 5.88 Å². The topological polar surface area (TPSA) is 85.6 Å². The summed E-state index contributed by atoms with van der Waals surface area (Å²) in [5, 5.41) is 15.8. The first-order chi connectivity index (χ1) is 8.62. The first kappa shape index (κ1) is 14.5. The van der Waals surface area contributed by atoms with Gasteiger partial charge in [0.1, 0.15) is 0 Å². The average molecular weight is 257 g/mol. The van der Waals surface area contributed by atoms with Crippen LogP contribution in [0, 0.1) is 0 Å². The van der Waals surface area contributed by atoms with Crippen molar-refractivity contribution in [3.63, 3.8) is 0 Å². The highest BCUT2D eigenvalue weighted by molar-refractivity contribution is 5.92. The number of aromatic nitrogens is 2. The SMILES string of the molecule is COCCC(CO)NC(=O)c1cc(OC)n(C)n1. The molecular formula is C11H19N3O4. The van der Waals surface area contributed by atoms with E-state index < -0.39 is 0 Å². The Morgan fingerprint density at radius 2 is 2.33 bits per heavy atom. The smallest absolute Gasteiger partial charge is 0.272 e. The summed E-state index contributed by atoms with van der Waals surface area (Å²) in [5.41, 5.74) is 0.255. The maximum Gasteiger partial charge on any atom is 0.272 e. The van der Waals surface area contributed by atoms with E-state index in [1.165, 1.54) is 11.8 Å². The fourth-order valence-electron chi connectivity index (χ4n) is 1.48. The number of ether oxygens (including phenoxy) is 2. The third-order valence-corrected chi connectivity index (χ3v) is 2.50. The number of nitrogens with zero attached hydrogens (tertiary/aromatic N) is 2. The van der Waals surface area contributed by atoms with Gasteiger partial charge >= 0.3 is 0 Å². The summed E-state index contributed by atoms with van der Waals surface area (Å²) in [7, 11) is 4.76. The maximum absolute atomic E-state index is 11.9. The average Bonchev–Trinajstić information content (AvgIpc) is 2.75. The van der Waals surface area contributed by atoms with Gasteiger partial charge in [0, 0.05) is 26.8 Å². The minimum Gasteiger partial charge on any atom is -0.481 e. The third kappa shape index (κ3) is 3.71. The lowest BCUT2D eigenvalue weighted by molar-refractivity contribution is 0.0889. The Morgan fingerprint density at radius 3 is 2.83 bits per heavy atom. The molecule has 1 atom stereocenters. The minimum atomic E-state index is -0.343. The van der Waals surface area contributed by atoms with Gasteiger partial charge in [-0.2, -0.15) is 5.10 Å². The van der Waals surface area contributed by atoms with E-state index in [4.69, 9.17) is 14.6 Å². The van der Waals surface area contributed by atoms with Crippen molar-refractivity contribution in [2.75, 3.05) is 27.4 Å². The number of hydrogen-bond acceptors (Lipinski definition) is 5. The number of carbonyl (C=O) groups is 1. The molecule has 0 aliphatic rings. The summed E-state index contributed by atoms with van der Waals surface area (Å²) in [4.78, 5) is 11.9. The molecule has 0 aliphatic heterocycles. The monoisotopic (exact) mass is 257 g/mol. The largest absolute Gasteiger partial charge is 0.481 e. The Bertz CT molecular complexity index is 392. The Labute approximate surface area is 106 Å². The highest BCUT2D eigenvalue weighted by atomic mass is 16.5. The normalized spacial score (nSPS) is 12.2. The Hall–Kier alpha value is -1.60. The quantitative estimate of drug-likeness (QED) is 0.691. The second-order valence-electron chi connectivity index (χ2n) is 3.83. The standard InChI is InChI=1S/C11H19N3O4/c1-14-10(18-3)6-9(13-14)11(16)12-8(7-15)4-5-17-2/h6,8,15H,4-5,7H2,1-3H3,(H,12,16). The van der Waals surface area contributed by atoms with Crippen LogP contribution in [0.3, 0.4) is 0 Å². The van der Waals surface area contributed by atoms with Crippen molar-refractivity contribution in [2.45, 2.75) is 12.5 Å². The number of aliphatic hydroxyl groups excluding tert-OH is 1. The lowest BCUT2D eigenvalue weighted by atomic mass is 10.2. The number of aryl methyl sites for hydroxylation is 1. The van der Waals surface area contributed by atoms with Crippen molar-refractivity contribution in [3.8, 4) is 5.88 Å². The molecule has 0 radical (unpaired) electrons. The van der Waals surface area contributed by atoms with Gasteiger partial charge < -0.3 is 19.9 Å². The number of aliphatic hydroxyl groups is 1. The van der Waals surface area contributed by atoms with Crippen LogP contribution in [0.25, 0.3) is 0 Å². The molecule has 7 heteroatoms. The predicted octanol–water partition coefficient (Wildman–Crippen LogP) is -0.444. The highest BCUT2D eigenvalue weighted by Crippen LogP contribution is 2.11. The zero-order valence-electron chi connectivity index (χ0n) is 10.8. The van der Waals surface area contributed by atoms with Crippen LogP contribution < -0.4 is 10.1 Å². The van der Waals surface area contributed by atoms with E-state index in [9.17, 15) is 4.79 Å². The number of nitrogens with one attached hydrogen (secondary N) is 1. The molecule has 0 saturated heterocycles. The number of rotatable bonds is 7. The van der Waals surface area contributed by atoms with Crippen LogP contribution in [0.4, 0.5) is 0 Å².